The van der Waals surface area contributed by atoms with Crippen LogP contribution in [-0.2, 0) is 0 Å². The van der Waals surface area contributed by atoms with E-state index in [0.29, 0.717) is 12.3 Å². The van der Waals surface area contributed by atoms with E-state index in [2.05, 4.69) is 25.7 Å². The summed E-state index contributed by atoms with van der Waals surface area (Å²) in [5.74, 6) is 0.392. The van der Waals surface area contributed by atoms with Gasteiger partial charge in [-0.3, -0.25) is 4.39 Å². The van der Waals surface area contributed by atoms with Gasteiger partial charge in [-0.2, -0.15) is 0 Å². The van der Waals surface area contributed by atoms with Gasteiger partial charge in [0.15, 0.2) is 0 Å². The molecule has 1 unspecified atom stereocenters. The summed E-state index contributed by atoms with van der Waals surface area (Å²) in [5, 5.41) is 0. The van der Waals surface area contributed by atoms with Gasteiger partial charge in [-0.05, 0) is 37.7 Å². The molecule has 14 heavy (non-hydrogen) atoms. The van der Waals surface area contributed by atoms with E-state index in [1.807, 2.05) is 6.92 Å². The summed E-state index contributed by atoms with van der Waals surface area (Å²) in [4.78, 5) is 0. The van der Waals surface area contributed by atoms with Gasteiger partial charge in [0.25, 0.3) is 0 Å². The fraction of sp³-hybridized carbons (Fsp3) is 0.538. The molecule has 0 heterocycles. The van der Waals surface area contributed by atoms with Crippen LogP contribution in [0.3, 0.4) is 0 Å². The van der Waals surface area contributed by atoms with E-state index in [4.69, 9.17) is 0 Å². The molecule has 1 aliphatic rings. The lowest BCUT2D eigenvalue weighted by Crippen LogP contribution is -2.04. The van der Waals surface area contributed by atoms with Crippen molar-refractivity contribution in [1.82, 2.24) is 0 Å². The highest BCUT2D eigenvalue weighted by molar-refractivity contribution is 5.35. The Morgan fingerprint density at radius 3 is 2.64 bits per heavy atom. The molecule has 1 aliphatic carbocycles. The highest BCUT2D eigenvalue weighted by Crippen LogP contribution is 2.28. The van der Waals surface area contributed by atoms with Crippen molar-refractivity contribution in [2.45, 2.75) is 33.1 Å². The number of halogens is 1. The molecule has 0 aromatic rings. The number of alkyl halides is 1. The van der Waals surface area contributed by atoms with E-state index in [9.17, 15) is 4.39 Å². The van der Waals surface area contributed by atoms with E-state index in [1.54, 1.807) is 0 Å². The van der Waals surface area contributed by atoms with Gasteiger partial charge in [0.1, 0.15) is 0 Å². The van der Waals surface area contributed by atoms with Crippen molar-refractivity contribution in [2.24, 2.45) is 5.92 Å². The SMILES string of the molecule is C=C(C)C1=CC=C(C(C)CCF)CC1. The third-order valence-corrected chi connectivity index (χ3v) is 2.90. The fourth-order valence-corrected chi connectivity index (χ4v) is 1.77. The molecule has 0 aromatic heterocycles. The number of allylic oxidation sites excluding steroid dienone is 5. The number of hydrogen-bond acceptors (Lipinski definition) is 0. The van der Waals surface area contributed by atoms with E-state index in [1.165, 1.54) is 11.1 Å². The zero-order chi connectivity index (χ0) is 10.6. The predicted octanol–water partition coefficient (Wildman–Crippen LogP) is 4.20. The first kappa shape index (κ1) is 11.2. The third kappa shape index (κ3) is 2.83. The summed E-state index contributed by atoms with van der Waals surface area (Å²) < 4.78 is 12.1. The fourth-order valence-electron chi connectivity index (χ4n) is 1.77. The second kappa shape index (κ2) is 5.14. The molecule has 0 aromatic carbocycles. The van der Waals surface area contributed by atoms with E-state index in [0.717, 1.165) is 18.4 Å². The normalized spacial score (nSPS) is 18.5. The predicted molar refractivity (Wildman–Crippen MR) is 60.0 cm³/mol. The Morgan fingerprint density at radius 2 is 2.21 bits per heavy atom. The lowest BCUT2D eigenvalue weighted by molar-refractivity contribution is 0.424. The van der Waals surface area contributed by atoms with Crippen molar-refractivity contribution < 1.29 is 4.39 Å². The minimum atomic E-state index is -0.213. The number of rotatable bonds is 4. The van der Waals surface area contributed by atoms with Crippen LogP contribution in [0.25, 0.3) is 0 Å². The minimum absolute atomic E-state index is 0.213. The maximum Gasteiger partial charge on any atom is 0.0900 e. The van der Waals surface area contributed by atoms with Gasteiger partial charge >= 0.3 is 0 Å². The van der Waals surface area contributed by atoms with Gasteiger partial charge < -0.3 is 0 Å². The molecule has 0 saturated heterocycles. The zero-order valence-electron chi connectivity index (χ0n) is 9.15. The smallest absolute Gasteiger partial charge is 0.0900 e. The Labute approximate surface area is 86.2 Å². The molecule has 1 atom stereocenters. The monoisotopic (exact) mass is 194 g/mol. The Hall–Kier alpha value is -0.850. The standard InChI is InChI=1S/C13H19F/c1-10(2)12-4-6-13(7-5-12)11(3)8-9-14/h4,6,11H,1,5,7-9H2,2-3H3. The van der Waals surface area contributed by atoms with Crippen LogP contribution < -0.4 is 0 Å². The molecule has 0 amide bonds. The molecule has 0 spiro atoms. The highest BCUT2D eigenvalue weighted by atomic mass is 19.1. The topological polar surface area (TPSA) is 0 Å². The maximum atomic E-state index is 12.1. The molecule has 0 N–H and O–H groups in total. The summed E-state index contributed by atoms with van der Waals surface area (Å²) in [5.41, 5.74) is 3.87. The highest BCUT2D eigenvalue weighted by Gasteiger charge is 2.12. The minimum Gasteiger partial charge on any atom is -0.251 e. The van der Waals surface area contributed by atoms with Gasteiger partial charge in [-0.1, -0.05) is 36.8 Å². The number of hydrogen-bond donors (Lipinski definition) is 0. The average molecular weight is 194 g/mol. The molecule has 0 bridgehead atoms. The van der Waals surface area contributed by atoms with Crippen LogP contribution in [0, 0.1) is 5.92 Å². The molecular weight excluding hydrogens is 175 g/mol. The van der Waals surface area contributed by atoms with Gasteiger partial charge in [0.2, 0.25) is 0 Å². The maximum absolute atomic E-state index is 12.1. The second-order valence-electron chi connectivity index (χ2n) is 4.09. The van der Waals surface area contributed by atoms with Gasteiger partial charge in [-0.25, -0.2) is 0 Å². The van der Waals surface area contributed by atoms with Crippen molar-refractivity contribution in [3.8, 4) is 0 Å². The summed E-state index contributed by atoms with van der Waals surface area (Å²) in [6.45, 7) is 7.85. The first-order valence-electron chi connectivity index (χ1n) is 5.26. The molecule has 1 heteroatoms. The average Bonchev–Trinajstić information content (AvgIpc) is 2.18. The third-order valence-electron chi connectivity index (χ3n) is 2.90. The van der Waals surface area contributed by atoms with Crippen LogP contribution in [-0.4, -0.2) is 6.67 Å². The largest absolute Gasteiger partial charge is 0.251 e. The zero-order valence-corrected chi connectivity index (χ0v) is 9.15. The molecule has 0 aliphatic heterocycles. The van der Waals surface area contributed by atoms with Crippen LogP contribution in [0.5, 0.6) is 0 Å². The van der Waals surface area contributed by atoms with Crippen LogP contribution >= 0.6 is 0 Å². The van der Waals surface area contributed by atoms with E-state index < -0.39 is 0 Å². The molecule has 78 valence electrons. The Kier molecular flexibility index (Phi) is 4.12. The molecule has 0 saturated carbocycles. The molecule has 0 nitrogen and oxygen atoms in total. The van der Waals surface area contributed by atoms with Crippen molar-refractivity contribution in [3.63, 3.8) is 0 Å². The van der Waals surface area contributed by atoms with Crippen LogP contribution in [0.15, 0.2) is 35.5 Å². The summed E-state index contributed by atoms with van der Waals surface area (Å²) in [7, 11) is 0. The van der Waals surface area contributed by atoms with E-state index >= 15 is 0 Å². The quantitative estimate of drug-likeness (QED) is 0.629. The lowest BCUT2D eigenvalue weighted by Gasteiger charge is -2.19. The molecular formula is C13H19F. The molecule has 0 fully saturated rings. The summed E-state index contributed by atoms with van der Waals surface area (Å²) >= 11 is 0. The first-order valence-corrected chi connectivity index (χ1v) is 5.26. The Morgan fingerprint density at radius 1 is 1.50 bits per heavy atom. The second-order valence-corrected chi connectivity index (χ2v) is 4.09. The van der Waals surface area contributed by atoms with Gasteiger partial charge in [0, 0.05) is 0 Å². The van der Waals surface area contributed by atoms with Gasteiger partial charge in [-0.15, -0.1) is 0 Å². The Balaban J connectivity index is 2.63. The van der Waals surface area contributed by atoms with Crippen LogP contribution in [0.4, 0.5) is 4.39 Å². The van der Waals surface area contributed by atoms with Crippen molar-refractivity contribution >= 4 is 0 Å². The molecule has 0 radical (unpaired) electrons. The van der Waals surface area contributed by atoms with Crippen LogP contribution in [0.1, 0.15) is 33.1 Å². The summed E-state index contributed by atoms with van der Waals surface area (Å²) in [6.07, 6.45) is 7.07. The van der Waals surface area contributed by atoms with Crippen molar-refractivity contribution in [1.29, 1.82) is 0 Å². The van der Waals surface area contributed by atoms with Crippen molar-refractivity contribution in [3.05, 3.63) is 35.5 Å². The first-order chi connectivity index (χ1) is 6.65. The van der Waals surface area contributed by atoms with Crippen molar-refractivity contribution in [2.75, 3.05) is 6.67 Å². The summed E-state index contributed by atoms with van der Waals surface area (Å²) in [6, 6.07) is 0. The molecule has 1 rings (SSSR count). The lowest BCUT2D eigenvalue weighted by atomic mass is 9.87. The van der Waals surface area contributed by atoms with Crippen LogP contribution in [0.2, 0.25) is 0 Å². The Bertz CT molecular complexity index is 271. The van der Waals surface area contributed by atoms with E-state index in [-0.39, 0.29) is 6.67 Å². The van der Waals surface area contributed by atoms with Gasteiger partial charge in [0.05, 0.1) is 6.67 Å².